The van der Waals surface area contributed by atoms with Gasteiger partial charge < -0.3 is 20.3 Å². The van der Waals surface area contributed by atoms with Crippen molar-refractivity contribution < 1.29 is 9.53 Å². The third-order valence-electron chi connectivity index (χ3n) is 5.35. The van der Waals surface area contributed by atoms with Gasteiger partial charge in [0.25, 0.3) is 0 Å². The molecule has 2 N–H and O–H groups in total. The van der Waals surface area contributed by atoms with E-state index in [1.165, 1.54) is 18.1 Å². The maximum absolute atomic E-state index is 11.1. The predicted molar refractivity (Wildman–Crippen MR) is 138 cm³/mol. The molecule has 1 aliphatic rings. The van der Waals surface area contributed by atoms with Crippen LogP contribution in [0, 0.1) is 0 Å². The maximum Gasteiger partial charge on any atom is 0.221 e. The summed E-state index contributed by atoms with van der Waals surface area (Å²) >= 11 is 0. The van der Waals surface area contributed by atoms with Crippen LogP contribution >= 0.6 is 24.0 Å². The Balaban J connectivity index is 0.00000341. The number of hydrogen-bond acceptors (Lipinski definition) is 3. The van der Waals surface area contributed by atoms with E-state index in [9.17, 15) is 4.79 Å². The molecule has 2 aromatic rings. The molecule has 1 saturated heterocycles. The molecule has 1 unspecified atom stereocenters. The van der Waals surface area contributed by atoms with Gasteiger partial charge in [0.05, 0.1) is 7.11 Å². The van der Waals surface area contributed by atoms with E-state index in [2.05, 4.69) is 34.6 Å². The summed E-state index contributed by atoms with van der Waals surface area (Å²) in [6, 6.07) is 16.4. The molecule has 1 heterocycles. The van der Waals surface area contributed by atoms with Crippen LogP contribution in [-0.2, 0) is 11.2 Å². The fourth-order valence-corrected chi connectivity index (χ4v) is 3.78. The molecule has 0 aromatic heterocycles. The molecule has 1 aliphatic heterocycles. The second-order valence-corrected chi connectivity index (χ2v) is 7.57. The van der Waals surface area contributed by atoms with Gasteiger partial charge in [0.2, 0.25) is 5.91 Å². The Morgan fingerprint density at radius 2 is 1.87 bits per heavy atom. The van der Waals surface area contributed by atoms with E-state index in [0.29, 0.717) is 5.92 Å². The number of anilines is 1. The lowest BCUT2D eigenvalue weighted by atomic mass is 9.98. The fourth-order valence-electron chi connectivity index (χ4n) is 3.78. The van der Waals surface area contributed by atoms with Gasteiger partial charge in [-0.3, -0.25) is 9.79 Å². The summed E-state index contributed by atoms with van der Waals surface area (Å²) in [4.78, 5) is 18.3. The van der Waals surface area contributed by atoms with Crippen molar-refractivity contribution >= 4 is 41.5 Å². The Kier molecular flexibility index (Phi) is 10.1. The number of halogens is 1. The van der Waals surface area contributed by atoms with Gasteiger partial charge in [-0.1, -0.05) is 24.3 Å². The van der Waals surface area contributed by atoms with Crippen LogP contribution in [0.4, 0.5) is 5.69 Å². The first-order valence-electron chi connectivity index (χ1n) is 10.6. The molecule has 0 aliphatic carbocycles. The van der Waals surface area contributed by atoms with Crippen LogP contribution in [0.5, 0.6) is 5.75 Å². The largest absolute Gasteiger partial charge is 0.497 e. The number of nitrogens with zero attached hydrogens (tertiary/aromatic N) is 2. The highest BCUT2D eigenvalue weighted by Gasteiger charge is 2.26. The zero-order chi connectivity index (χ0) is 21.3. The van der Waals surface area contributed by atoms with E-state index in [1.54, 1.807) is 7.11 Å². The molecule has 2 aromatic carbocycles. The number of carbonyl (C=O) groups is 1. The number of benzene rings is 2. The van der Waals surface area contributed by atoms with Crippen LogP contribution in [0.25, 0.3) is 0 Å². The first-order chi connectivity index (χ1) is 14.6. The summed E-state index contributed by atoms with van der Waals surface area (Å²) in [6.07, 6.45) is 1.99. The van der Waals surface area contributed by atoms with Crippen molar-refractivity contribution in [3.05, 3.63) is 59.7 Å². The van der Waals surface area contributed by atoms with Crippen molar-refractivity contribution in [3.8, 4) is 5.75 Å². The maximum atomic E-state index is 11.1. The normalized spacial score (nSPS) is 15.9. The first kappa shape index (κ1) is 25.0. The third-order valence-corrected chi connectivity index (χ3v) is 5.35. The minimum Gasteiger partial charge on any atom is -0.497 e. The van der Waals surface area contributed by atoms with E-state index in [1.807, 2.05) is 36.4 Å². The van der Waals surface area contributed by atoms with Crippen LogP contribution in [0.15, 0.2) is 53.5 Å². The molecule has 1 fully saturated rings. The number of carbonyl (C=O) groups excluding carboxylic acids is 1. The minimum absolute atomic E-state index is 0. The lowest BCUT2D eigenvalue weighted by Gasteiger charge is -2.22. The highest BCUT2D eigenvalue weighted by Crippen LogP contribution is 2.28. The van der Waals surface area contributed by atoms with E-state index >= 15 is 0 Å². The average Bonchev–Trinajstić information content (AvgIpc) is 3.24. The fraction of sp³-hybridized carbons (Fsp3) is 0.417. The molecule has 0 saturated carbocycles. The molecule has 168 valence electrons. The van der Waals surface area contributed by atoms with Crippen molar-refractivity contribution in [1.29, 1.82) is 0 Å². The van der Waals surface area contributed by atoms with Gasteiger partial charge in [-0.2, -0.15) is 0 Å². The highest BCUT2D eigenvalue weighted by molar-refractivity contribution is 14.0. The molecule has 3 rings (SSSR count). The van der Waals surface area contributed by atoms with Crippen molar-refractivity contribution in [1.82, 2.24) is 10.2 Å². The van der Waals surface area contributed by atoms with E-state index < -0.39 is 0 Å². The highest BCUT2D eigenvalue weighted by atomic mass is 127. The van der Waals surface area contributed by atoms with Gasteiger partial charge in [0, 0.05) is 44.7 Å². The summed E-state index contributed by atoms with van der Waals surface area (Å²) in [5.41, 5.74) is 3.39. The van der Waals surface area contributed by atoms with Crippen molar-refractivity contribution in [2.45, 2.75) is 32.6 Å². The van der Waals surface area contributed by atoms with Crippen LogP contribution in [-0.4, -0.2) is 50.1 Å². The molecule has 1 amide bonds. The molecular formula is C24H33IN4O2. The molecule has 0 spiro atoms. The van der Waals surface area contributed by atoms with Crippen LogP contribution in [0.2, 0.25) is 0 Å². The summed E-state index contributed by atoms with van der Waals surface area (Å²) < 4.78 is 5.27. The van der Waals surface area contributed by atoms with Gasteiger partial charge in [0.1, 0.15) is 5.75 Å². The second kappa shape index (κ2) is 12.5. The number of aliphatic imine (C=N–C) groups is 1. The Labute approximate surface area is 202 Å². The number of hydrogen-bond donors (Lipinski definition) is 2. The number of rotatable bonds is 7. The van der Waals surface area contributed by atoms with Crippen LogP contribution < -0.4 is 15.4 Å². The molecular weight excluding hydrogens is 503 g/mol. The lowest BCUT2D eigenvalue weighted by Crippen LogP contribution is -2.40. The van der Waals surface area contributed by atoms with E-state index in [-0.39, 0.29) is 29.9 Å². The Hall–Kier alpha value is -2.29. The average molecular weight is 536 g/mol. The van der Waals surface area contributed by atoms with Crippen LogP contribution in [0.1, 0.15) is 37.3 Å². The third kappa shape index (κ3) is 7.41. The topological polar surface area (TPSA) is 66.0 Å². The summed E-state index contributed by atoms with van der Waals surface area (Å²) in [7, 11) is 1.70. The van der Waals surface area contributed by atoms with Crippen molar-refractivity contribution in [2.75, 3.05) is 38.6 Å². The van der Waals surface area contributed by atoms with Gasteiger partial charge in [-0.05, 0) is 55.2 Å². The monoisotopic (exact) mass is 536 g/mol. The van der Waals surface area contributed by atoms with Crippen LogP contribution in [0.3, 0.4) is 0 Å². The predicted octanol–water partition coefficient (Wildman–Crippen LogP) is 4.27. The molecule has 1 atom stereocenters. The minimum atomic E-state index is -0.0545. The molecule has 31 heavy (non-hydrogen) atoms. The molecule has 7 heteroatoms. The lowest BCUT2D eigenvalue weighted by molar-refractivity contribution is -0.114. The molecule has 0 bridgehead atoms. The Morgan fingerprint density at radius 3 is 2.48 bits per heavy atom. The second-order valence-electron chi connectivity index (χ2n) is 7.57. The zero-order valence-corrected chi connectivity index (χ0v) is 20.9. The van der Waals surface area contributed by atoms with E-state index in [4.69, 9.17) is 9.73 Å². The summed E-state index contributed by atoms with van der Waals surface area (Å²) in [5, 5.41) is 6.23. The Bertz CT molecular complexity index is 853. The first-order valence-corrected chi connectivity index (χ1v) is 10.6. The van der Waals surface area contributed by atoms with Gasteiger partial charge >= 0.3 is 0 Å². The number of methoxy groups -OCH3 is 1. The number of ether oxygens (including phenoxy) is 1. The van der Waals surface area contributed by atoms with Gasteiger partial charge in [-0.25, -0.2) is 0 Å². The molecule has 6 nitrogen and oxygen atoms in total. The number of likely N-dealkylation sites (tertiary alicyclic amines) is 1. The van der Waals surface area contributed by atoms with Crippen molar-refractivity contribution in [3.63, 3.8) is 0 Å². The summed E-state index contributed by atoms with van der Waals surface area (Å²) in [5.74, 6) is 2.35. The zero-order valence-electron chi connectivity index (χ0n) is 18.6. The standard InChI is InChI=1S/C24H32N4O2.HI/c1-4-25-24(26-15-13-19-5-9-22(10-6-19)27-18(2)29)28-16-14-21(17-28)20-7-11-23(30-3)12-8-20;/h5-12,21H,4,13-17H2,1-3H3,(H,25,26)(H,27,29);1H. The quantitative estimate of drug-likeness (QED) is 0.315. The van der Waals surface area contributed by atoms with Crippen molar-refractivity contribution in [2.24, 2.45) is 4.99 Å². The number of nitrogens with one attached hydrogen (secondary N) is 2. The molecule has 0 radical (unpaired) electrons. The van der Waals surface area contributed by atoms with E-state index in [0.717, 1.165) is 56.4 Å². The number of guanidine groups is 1. The van der Waals surface area contributed by atoms with Gasteiger partial charge in [0.15, 0.2) is 5.96 Å². The SMILES string of the molecule is CCNC(=NCCc1ccc(NC(C)=O)cc1)N1CCC(c2ccc(OC)cc2)C1.I. The smallest absolute Gasteiger partial charge is 0.221 e. The summed E-state index contributed by atoms with van der Waals surface area (Å²) in [6.45, 7) is 7.19. The van der Waals surface area contributed by atoms with Gasteiger partial charge in [-0.15, -0.1) is 24.0 Å². The number of amides is 1. The Morgan fingerprint density at radius 1 is 1.16 bits per heavy atom.